The van der Waals surface area contributed by atoms with Crippen molar-refractivity contribution in [2.75, 3.05) is 11.9 Å². The molecule has 2 N–H and O–H groups in total. The van der Waals surface area contributed by atoms with Crippen LogP contribution >= 0.6 is 34.8 Å². The van der Waals surface area contributed by atoms with Crippen LogP contribution in [0, 0.1) is 23.4 Å². The van der Waals surface area contributed by atoms with Gasteiger partial charge in [0.05, 0.1) is 23.0 Å². The topological polar surface area (TPSA) is 58.2 Å². The third kappa shape index (κ3) is 5.46. The fourth-order valence-corrected chi connectivity index (χ4v) is 4.28. The van der Waals surface area contributed by atoms with Gasteiger partial charge in [0.1, 0.15) is 10.2 Å². The van der Waals surface area contributed by atoms with Gasteiger partial charge in [-0.3, -0.25) is 9.59 Å². The molecule has 2 amide bonds. The monoisotopic (exact) mass is 564 g/mol. The SMILES string of the molecule is CC(F)(F)C(F)(F)CNC(=O)c1cc(NC(=O)C2C(c3ccc(F)c(Cl)c3)C2(Cl)Cl)cc(F)c1F. The first-order chi connectivity index (χ1) is 16.0. The summed E-state index contributed by atoms with van der Waals surface area (Å²) < 4.78 is 92.5. The van der Waals surface area contributed by atoms with Crippen LogP contribution in [0.5, 0.6) is 0 Å². The van der Waals surface area contributed by atoms with E-state index >= 15 is 0 Å². The maximum atomic E-state index is 14.1. The van der Waals surface area contributed by atoms with Crippen molar-refractivity contribution in [3.8, 4) is 0 Å². The summed E-state index contributed by atoms with van der Waals surface area (Å²) >= 11 is 18.0. The van der Waals surface area contributed by atoms with Gasteiger partial charge in [0, 0.05) is 24.6 Å². The molecular weight excluding hydrogens is 552 g/mol. The standard InChI is InChI=1S/C21H14Cl3F7N2O2/c1-19(28,29)20(30,31)7-32-17(34)10-5-9(6-13(26)16(10)27)33-18(35)15-14(21(15,23)24)8-2-3-12(25)11(22)4-8/h2-6,14-15H,7H2,1H3,(H,32,34)(H,33,35). The van der Waals surface area contributed by atoms with E-state index in [1.54, 1.807) is 0 Å². The van der Waals surface area contributed by atoms with Crippen LogP contribution < -0.4 is 10.6 Å². The lowest BCUT2D eigenvalue weighted by atomic mass is 10.1. The molecule has 4 nitrogen and oxygen atoms in total. The Bertz CT molecular complexity index is 1190. The fourth-order valence-electron chi connectivity index (χ4n) is 3.26. The Morgan fingerprint density at radius 2 is 1.66 bits per heavy atom. The molecule has 0 aliphatic heterocycles. The summed E-state index contributed by atoms with van der Waals surface area (Å²) in [7, 11) is 0. The molecule has 0 spiro atoms. The third-order valence-electron chi connectivity index (χ3n) is 5.29. The molecule has 3 rings (SSSR count). The Hall–Kier alpha value is -2.24. The van der Waals surface area contributed by atoms with Crippen LogP contribution in [0.4, 0.5) is 36.4 Å². The number of halogens is 10. The second-order valence-electron chi connectivity index (χ2n) is 7.89. The Balaban J connectivity index is 1.78. The lowest BCUT2D eigenvalue weighted by Crippen LogP contribution is -2.47. The first-order valence-electron chi connectivity index (χ1n) is 9.64. The molecule has 0 radical (unpaired) electrons. The van der Waals surface area contributed by atoms with Crippen molar-refractivity contribution >= 4 is 52.3 Å². The molecule has 0 bridgehead atoms. The number of alkyl halides is 6. The van der Waals surface area contributed by atoms with Crippen LogP contribution in [0.15, 0.2) is 30.3 Å². The summed E-state index contributed by atoms with van der Waals surface area (Å²) in [5.41, 5.74) is -1.28. The Labute approximate surface area is 208 Å². The van der Waals surface area contributed by atoms with Gasteiger partial charge in [0.15, 0.2) is 11.6 Å². The number of benzene rings is 2. The van der Waals surface area contributed by atoms with Crippen LogP contribution in [-0.4, -0.2) is 34.5 Å². The Morgan fingerprint density at radius 3 is 2.23 bits per heavy atom. The summed E-state index contributed by atoms with van der Waals surface area (Å²) in [6.07, 6.45) is 0. The van der Waals surface area contributed by atoms with E-state index in [9.17, 15) is 40.3 Å². The number of rotatable bonds is 7. The zero-order valence-corrected chi connectivity index (χ0v) is 19.6. The molecule has 35 heavy (non-hydrogen) atoms. The molecule has 0 saturated heterocycles. The normalized spacial score (nSPS) is 19.3. The van der Waals surface area contributed by atoms with Crippen LogP contribution in [0.3, 0.4) is 0 Å². The maximum absolute atomic E-state index is 14.1. The van der Waals surface area contributed by atoms with Gasteiger partial charge < -0.3 is 10.6 Å². The first-order valence-corrected chi connectivity index (χ1v) is 10.8. The van der Waals surface area contributed by atoms with Gasteiger partial charge in [0.25, 0.3) is 5.91 Å². The molecule has 0 heterocycles. The number of hydrogen-bond acceptors (Lipinski definition) is 2. The van der Waals surface area contributed by atoms with Crippen LogP contribution in [-0.2, 0) is 4.79 Å². The van der Waals surface area contributed by atoms with Crippen molar-refractivity contribution in [2.24, 2.45) is 5.92 Å². The highest BCUT2D eigenvalue weighted by atomic mass is 35.5. The van der Waals surface area contributed by atoms with Crippen molar-refractivity contribution in [2.45, 2.75) is 29.0 Å². The van der Waals surface area contributed by atoms with Gasteiger partial charge in [-0.15, -0.1) is 23.2 Å². The number of nitrogens with one attached hydrogen (secondary N) is 2. The third-order valence-corrected chi connectivity index (χ3v) is 6.52. The van der Waals surface area contributed by atoms with E-state index in [1.807, 2.05) is 0 Å². The fraction of sp³-hybridized carbons (Fsp3) is 0.333. The van der Waals surface area contributed by atoms with Crippen molar-refractivity contribution in [3.63, 3.8) is 0 Å². The van der Waals surface area contributed by atoms with Crippen LogP contribution in [0.1, 0.15) is 28.8 Å². The van der Waals surface area contributed by atoms with Crippen LogP contribution in [0.25, 0.3) is 0 Å². The molecule has 14 heteroatoms. The molecule has 2 aromatic carbocycles. The predicted octanol–water partition coefficient (Wildman–Crippen LogP) is 6.30. The Morgan fingerprint density at radius 1 is 1.03 bits per heavy atom. The summed E-state index contributed by atoms with van der Waals surface area (Å²) in [5.74, 6) is -17.8. The van der Waals surface area contributed by atoms with Crippen molar-refractivity contribution in [1.29, 1.82) is 0 Å². The highest BCUT2D eigenvalue weighted by Crippen LogP contribution is 2.65. The summed E-state index contributed by atoms with van der Waals surface area (Å²) in [6.45, 7) is -1.94. The zero-order valence-electron chi connectivity index (χ0n) is 17.3. The summed E-state index contributed by atoms with van der Waals surface area (Å²) in [4.78, 5) is 24.8. The number of hydrogen-bond donors (Lipinski definition) is 2. The zero-order chi connectivity index (χ0) is 26.5. The second-order valence-corrected chi connectivity index (χ2v) is 9.74. The second kappa shape index (κ2) is 9.33. The summed E-state index contributed by atoms with van der Waals surface area (Å²) in [6, 6.07) is 4.66. The number of amides is 2. The largest absolute Gasteiger partial charge is 0.346 e. The molecule has 0 aromatic heterocycles. The van der Waals surface area contributed by atoms with Crippen LogP contribution in [0.2, 0.25) is 5.02 Å². The quantitative estimate of drug-likeness (QED) is 0.306. The average molecular weight is 566 g/mol. The van der Waals surface area contributed by atoms with E-state index in [1.165, 1.54) is 17.4 Å². The minimum Gasteiger partial charge on any atom is -0.346 e. The number of anilines is 1. The van der Waals surface area contributed by atoms with Gasteiger partial charge in [-0.1, -0.05) is 17.7 Å². The smallest absolute Gasteiger partial charge is 0.326 e. The van der Waals surface area contributed by atoms with E-state index in [4.69, 9.17) is 34.8 Å². The van der Waals surface area contributed by atoms with Crippen molar-refractivity contribution in [3.05, 3.63) is 63.9 Å². The molecule has 2 atom stereocenters. The van der Waals surface area contributed by atoms with Gasteiger partial charge in [-0.2, -0.15) is 8.78 Å². The lowest BCUT2D eigenvalue weighted by molar-refractivity contribution is -0.193. The van der Waals surface area contributed by atoms with E-state index in [0.717, 1.165) is 6.07 Å². The molecule has 1 fully saturated rings. The van der Waals surface area contributed by atoms with E-state index in [2.05, 4.69) is 5.32 Å². The Kier molecular flexibility index (Phi) is 7.29. The number of carbonyl (C=O) groups excluding carboxylic acids is 2. The highest BCUT2D eigenvalue weighted by molar-refractivity contribution is 6.53. The first kappa shape index (κ1) is 27.3. The van der Waals surface area contributed by atoms with Gasteiger partial charge in [-0.05, 0) is 23.8 Å². The maximum Gasteiger partial charge on any atom is 0.326 e. The average Bonchev–Trinajstić information content (AvgIpc) is 3.32. The minimum atomic E-state index is -4.67. The van der Waals surface area contributed by atoms with Gasteiger partial charge >= 0.3 is 11.8 Å². The predicted molar refractivity (Wildman–Crippen MR) is 115 cm³/mol. The lowest BCUT2D eigenvalue weighted by Gasteiger charge is -2.23. The molecule has 2 unspecified atom stereocenters. The van der Waals surface area contributed by atoms with E-state index in [0.29, 0.717) is 17.7 Å². The number of carbonyl (C=O) groups is 2. The molecule has 1 saturated carbocycles. The molecule has 1 aliphatic rings. The van der Waals surface area contributed by atoms with E-state index < -0.39 is 75.1 Å². The van der Waals surface area contributed by atoms with Gasteiger partial charge in [0.2, 0.25) is 5.91 Å². The molecule has 2 aromatic rings. The van der Waals surface area contributed by atoms with E-state index in [-0.39, 0.29) is 11.9 Å². The minimum absolute atomic E-state index is 0.0750. The van der Waals surface area contributed by atoms with Crippen molar-refractivity contribution in [1.82, 2.24) is 5.32 Å². The molecular formula is C21H14Cl3F7N2O2. The highest BCUT2D eigenvalue weighted by Gasteiger charge is 2.67. The van der Waals surface area contributed by atoms with Crippen molar-refractivity contribution < 1.29 is 40.3 Å². The molecule has 190 valence electrons. The van der Waals surface area contributed by atoms with Gasteiger partial charge in [-0.25, -0.2) is 22.0 Å². The summed E-state index contributed by atoms with van der Waals surface area (Å²) in [5, 5.41) is 3.33. The molecule has 1 aliphatic carbocycles.